The van der Waals surface area contributed by atoms with Gasteiger partial charge < -0.3 is 16.0 Å². The smallest absolute Gasteiger partial charge is 0.239 e. The van der Waals surface area contributed by atoms with E-state index in [-0.39, 0.29) is 23.8 Å². The molecule has 20 heavy (non-hydrogen) atoms. The Bertz CT molecular complexity index is 320. The van der Waals surface area contributed by atoms with Gasteiger partial charge in [-0.25, -0.2) is 0 Å². The number of amides is 2. The minimum absolute atomic E-state index is 0.0527. The molecule has 1 fully saturated rings. The topological polar surface area (TPSA) is 73.5 Å². The van der Waals surface area contributed by atoms with Crippen molar-refractivity contribution in [1.29, 1.82) is 0 Å². The van der Waals surface area contributed by atoms with Crippen LogP contribution in [0.4, 0.5) is 0 Å². The van der Waals surface area contributed by atoms with Crippen molar-refractivity contribution < 1.29 is 9.59 Å². The molecule has 1 saturated heterocycles. The zero-order valence-electron chi connectivity index (χ0n) is 12.9. The normalized spacial score (nSPS) is 16.8. The molecule has 6 heteroatoms. The van der Waals surface area contributed by atoms with Crippen LogP contribution in [-0.4, -0.2) is 62.5 Å². The van der Waals surface area contributed by atoms with Crippen LogP contribution in [0.15, 0.2) is 0 Å². The molecule has 0 aromatic carbocycles. The van der Waals surface area contributed by atoms with E-state index in [1.165, 1.54) is 0 Å². The number of hydrogen-bond donors (Lipinski definition) is 3. The minimum atomic E-state index is -0.123. The molecule has 0 unspecified atom stereocenters. The molecule has 116 valence electrons. The fourth-order valence-corrected chi connectivity index (χ4v) is 2.07. The number of nitrogens with zero attached hydrogens (tertiary/aromatic N) is 1. The molecule has 1 heterocycles. The van der Waals surface area contributed by atoms with Crippen LogP contribution in [0.1, 0.15) is 27.2 Å². The molecule has 1 aliphatic rings. The molecule has 1 aliphatic heterocycles. The van der Waals surface area contributed by atoms with Crippen molar-refractivity contribution in [3.8, 4) is 0 Å². The average molecular weight is 284 g/mol. The second kappa shape index (κ2) is 8.21. The molecule has 0 aromatic heterocycles. The SMILES string of the molecule is CC(C)(C)CC(=O)NCC(=O)NCCN1CCNCC1. The molecule has 3 N–H and O–H groups in total. The number of piperazine rings is 1. The van der Waals surface area contributed by atoms with E-state index in [9.17, 15) is 9.59 Å². The van der Waals surface area contributed by atoms with Gasteiger partial charge >= 0.3 is 0 Å². The Labute approximate surface area is 121 Å². The van der Waals surface area contributed by atoms with E-state index >= 15 is 0 Å². The highest BCUT2D eigenvalue weighted by Gasteiger charge is 2.16. The molecule has 2 amide bonds. The first-order chi connectivity index (χ1) is 9.37. The first kappa shape index (κ1) is 16.9. The number of carbonyl (C=O) groups excluding carboxylic acids is 2. The van der Waals surface area contributed by atoms with E-state index in [1.54, 1.807) is 0 Å². The lowest BCUT2D eigenvalue weighted by Crippen LogP contribution is -2.47. The van der Waals surface area contributed by atoms with Crippen LogP contribution in [0.5, 0.6) is 0 Å². The maximum absolute atomic E-state index is 11.6. The summed E-state index contributed by atoms with van der Waals surface area (Å²) in [5, 5.41) is 8.77. The van der Waals surface area contributed by atoms with Crippen molar-refractivity contribution in [3.05, 3.63) is 0 Å². The number of hydrogen-bond acceptors (Lipinski definition) is 4. The molecule has 0 saturated carbocycles. The van der Waals surface area contributed by atoms with Gasteiger partial charge in [0.25, 0.3) is 0 Å². The molecule has 0 aliphatic carbocycles. The van der Waals surface area contributed by atoms with Crippen molar-refractivity contribution >= 4 is 11.8 Å². The minimum Gasteiger partial charge on any atom is -0.353 e. The third kappa shape index (κ3) is 8.12. The zero-order valence-corrected chi connectivity index (χ0v) is 12.9. The van der Waals surface area contributed by atoms with E-state index in [4.69, 9.17) is 0 Å². The van der Waals surface area contributed by atoms with Crippen LogP contribution in [0.25, 0.3) is 0 Å². The maximum atomic E-state index is 11.6. The molecule has 0 spiro atoms. The Morgan fingerprint density at radius 1 is 1.10 bits per heavy atom. The van der Waals surface area contributed by atoms with Crippen molar-refractivity contribution in [2.75, 3.05) is 45.8 Å². The Balaban J connectivity index is 2.06. The molecule has 0 aromatic rings. The Kier molecular flexibility index (Phi) is 6.95. The van der Waals surface area contributed by atoms with Gasteiger partial charge in [0.1, 0.15) is 0 Å². The van der Waals surface area contributed by atoms with Gasteiger partial charge in [-0.1, -0.05) is 20.8 Å². The average Bonchev–Trinajstić information content (AvgIpc) is 2.36. The maximum Gasteiger partial charge on any atom is 0.239 e. The molecular formula is C14H28N4O2. The highest BCUT2D eigenvalue weighted by Crippen LogP contribution is 2.17. The lowest BCUT2D eigenvalue weighted by Gasteiger charge is -2.27. The van der Waals surface area contributed by atoms with Crippen molar-refractivity contribution in [1.82, 2.24) is 20.9 Å². The number of carbonyl (C=O) groups is 2. The van der Waals surface area contributed by atoms with Gasteiger partial charge in [0, 0.05) is 45.7 Å². The summed E-state index contributed by atoms with van der Waals surface area (Å²) in [6.07, 6.45) is 0.432. The summed E-state index contributed by atoms with van der Waals surface area (Å²) in [5.41, 5.74) is -0.0527. The van der Waals surface area contributed by atoms with Gasteiger partial charge in [0.2, 0.25) is 11.8 Å². The van der Waals surface area contributed by atoms with Gasteiger partial charge in [-0.05, 0) is 5.41 Å². The molecule has 0 bridgehead atoms. The van der Waals surface area contributed by atoms with Crippen LogP contribution in [0, 0.1) is 5.41 Å². The van der Waals surface area contributed by atoms with Crippen LogP contribution < -0.4 is 16.0 Å². The summed E-state index contributed by atoms with van der Waals surface area (Å²) in [4.78, 5) is 25.5. The van der Waals surface area contributed by atoms with Crippen LogP contribution in [-0.2, 0) is 9.59 Å². The Morgan fingerprint density at radius 3 is 2.35 bits per heavy atom. The first-order valence-corrected chi connectivity index (χ1v) is 7.33. The summed E-state index contributed by atoms with van der Waals surface area (Å²) >= 11 is 0. The fraction of sp³-hybridized carbons (Fsp3) is 0.857. The summed E-state index contributed by atoms with van der Waals surface area (Å²) in [6, 6.07) is 0. The number of rotatable bonds is 6. The molecule has 0 atom stereocenters. The highest BCUT2D eigenvalue weighted by molar-refractivity contribution is 5.84. The second-order valence-corrected chi connectivity index (χ2v) is 6.46. The molecule has 1 rings (SSSR count). The van der Waals surface area contributed by atoms with E-state index in [0.29, 0.717) is 13.0 Å². The third-order valence-electron chi connectivity index (χ3n) is 3.10. The van der Waals surface area contributed by atoms with Gasteiger partial charge in [-0.15, -0.1) is 0 Å². The van der Waals surface area contributed by atoms with Crippen molar-refractivity contribution in [2.24, 2.45) is 5.41 Å². The van der Waals surface area contributed by atoms with E-state index in [1.807, 2.05) is 20.8 Å². The van der Waals surface area contributed by atoms with Gasteiger partial charge in [-0.2, -0.15) is 0 Å². The third-order valence-corrected chi connectivity index (χ3v) is 3.10. The van der Waals surface area contributed by atoms with Gasteiger partial charge in [0.15, 0.2) is 0 Å². The van der Waals surface area contributed by atoms with Crippen molar-refractivity contribution in [2.45, 2.75) is 27.2 Å². The zero-order chi connectivity index (χ0) is 15.0. The summed E-state index contributed by atoms with van der Waals surface area (Å²) in [7, 11) is 0. The summed E-state index contributed by atoms with van der Waals surface area (Å²) in [5.74, 6) is -0.197. The predicted molar refractivity (Wildman–Crippen MR) is 79.4 cm³/mol. The quantitative estimate of drug-likeness (QED) is 0.618. The Morgan fingerprint density at radius 2 is 1.75 bits per heavy atom. The number of nitrogens with one attached hydrogen (secondary N) is 3. The van der Waals surface area contributed by atoms with Crippen LogP contribution >= 0.6 is 0 Å². The summed E-state index contributed by atoms with van der Waals surface area (Å²) in [6.45, 7) is 11.6. The molecular weight excluding hydrogens is 256 g/mol. The van der Waals surface area contributed by atoms with Gasteiger partial charge in [0.05, 0.1) is 6.54 Å². The lowest BCUT2D eigenvalue weighted by molar-refractivity contribution is -0.127. The lowest BCUT2D eigenvalue weighted by atomic mass is 9.92. The predicted octanol–water partition coefficient (Wildman–Crippen LogP) is -0.440. The fourth-order valence-electron chi connectivity index (χ4n) is 2.07. The van der Waals surface area contributed by atoms with Crippen LogP contribution in [0.3, 0.4) is 0 Å². The standard InChI is InChI=1S/C14H28N4O2/c1-14(2,3)10-12(19)17-11-13(20)16-6-9-18-7-4-15-5-8-18/h15H,4-11H2,1-3H3,(H,16,20)(H,17,19). The first-order valence-electron chi connectivity index (χ1n) is 7.33. The molecule has 6 nitrogen and oxygen atoms in total. The van der Waals surface area contributed by atoms with E-state index < -0.39 is 0 Å². The van der Waals surface area contributed by atoms with E-state index in [0.717, 1.165) is 32.7 Å². The Hall–Kier alpha value is -1.14. The monoisotopic (exact) mass is 284 g/mol. The van der Waals surface area contributed by atoms with Crippen molar-refractivity contribution in [3.63, 3.8) is 0 Å². The highest BCUT2D eigenvalue weighted by atomic mass is 16.2. The summed E-state index contributed by atoms with van der Waals surface area (Å²) < 4.78 is 0. The molecule has 0 radical (unpaired) electrons. The largest absolute Gasteiger partial charge is 0.353 e. The van der Waals surface area contributed by atoms with E-state index in [2.05, 4.69) is 20.9 Å². The second-order valence-electron chi connectivity index (χ2n) is 6.46. The van der Waals surface area contributed by atoms with Gasteiger partial charge in [-0.3, -0.25) is 14.5 Å². The van der Waals surface area contributed by atoms with Crippen LogP contribution in [0.2, 0.25) is 0 Å².